The zero-order valence-electron chi connectivity index (χ0n) is 23.2. The van der Waals surface area contributed by atoms with Crippen molar-refractivity contribution in [2.24, 2.45) is 56.7 Å². The number of carbonyl (C=O) groups is 1. The molecular weight excluding hydrogens is 436 g/mol. The van der Waals surface area contributed by atoms with Gasteiger partial charge in [0.1, 0.15) is 0 Å². The van der Waals surface area contributed by atoms with Crippen LogP contribution in [0.2, 0.25) is 0 Å². The molecule has 1 spiro atoms. The monoisotopic (exact) mass is 484 g/mol. The molecule has 196 valence electrons. The van der Waals surface area contributed by atoms with Crippen LogP contribution in [0.3, 0.4) is 0 Å². The molecule has 2 heterocycles. The summed E-state index contributed by atoms with van der Waals surface area (Å²) in [5, 5.41) is 10.6. The van der Waals surface area contributed by atoms with Crippen molar-refractivity contribution in [2.75, 3.05) is 13.7 Å². The highest BCUT2D eigenvalue weighted by atomic mass is 16.7. The molecule has 0 amide bonds. The SMILES string of the molecule is CO[C@@]12CC[C@]3(CO1)[C@H]1CC=C4[C@@H]5[C@@H](C)[C@H](C)CC[C@]5(C(=O)O)CC[C@@]4(C)[C@]1(C)CC[C@H]3C2(C)C. The van der Waals surface area contributed by atoms with Crippen LogP contribution in [0.4, 0.5) is 0 Å². The number of aliphatic carboxylic acids is 1. The van der Waals surface area contributed by atoms with Crippen LogP contribution in [0.15, 0.2) is 11.6 Å². The van der Waals surface area contributed by atoms with Crippen molar-refractivity contribution < 1.29 is 19.4 Å². The molecule has 5 aliphatic carbocycles. The number of allylic oxidation sites excluding steroid dienone is 2. The predicted molar refractivity (Wildman–Crippen MR) is 137 cm³/mol. The standard InChI is InChI=1S/C31H48O4/c1-19-10-13-29(25(32)33)15-14-27(5)21(24(29)20(19)2)8-9-23-28(27,6)12-11-22-26(3,4)31(34-7)17-16-30(22,23)18-35-31/h8,19-20,22-24H,9-18H2,1-7H3,(H,32,33)/t19-,20+,22+,23+,24+,27-,28-,29+,30-,31+/m1/s1. The van der Waals surface area contributed by atoms with E-state index >= 15 is 0 Å². The minimum absolute atomic E-state index is 0.00280. The van der Waals surface area contributed by atoms with Crippen molar-refractivity contribution in [3.8, 4) is 0 Å². The second-order valence-corrected chi connectivity index (χ2v) is 14.8. The number of hydrogen-bond donors (Lipinski definition) is 1. The average Bonchev–Trinajstić information content (AvgIpc) is 2.82. The lowest BCUT2D eigenvalue weighted by molar-refractivity contribution is -0.402. The first kappa shape index (κ1) is 24.5. The second-order valence-electron chi connectivity index (χ2n) is 14.8. The van der Waals surface area contributed by atoms with Crippen LogP contribution in [0.25, 0.3) is 0 Å². The van der Waals surface area contributed by atoms with E-state index in [1.807, 2.05) is 7.11 Å². The Labute approximate surface area is 212 Å². The first-order valence-corrected chi connectivity index (χ1v) is 14.5. The lowest BCUT2D eigenvalue weighted by Gasteiger charge is -2.75. The van der Waals surface area contributed by atoms with Gasteiger partial charge in [-0.2, -0.15) is 0 Å². The summed E-state index contributed by atoms with van der Waals surface area (Å²) in [7, 11) is 1.84. The molecule has 2 bridgehead atoms. The van der Waals surface area contributed by atoms with Crippen LogP contribution >= 0.6 is 0 Å². The summed E-state index contributed by atoms with van der Waals surface area (Å²) < 4.78 is 12.8. The number of carboxylic acids is 1. The molecular formula is C31H48O4. The Bertz CT molecular complexity index is 957. The third kappa shape index (κ3) is 2.55. The number of rotatable bonds is 2. The van der Waals surface area contributed by atoms with Crippen molar-refractivity contribution in [1.82, 2.24) is 0 Å². The van der Waals surface area contributed by atoms with Gasteiger partial charge in [0, 0.05) is 24.4 Å². The average molecular weight is 485 g/mol. The van der Waals surface area contributed by atoms with Crippen LogP contribution in [0, 0.1) is 56.7 Å². The highest BCUT2D eigenvalue weighted by Gasteiger charge is 2.74. The molecule has 35 heavy (non-hydrogen) atoms. The van der Waals surface area contributed by atoms with Crippen molar-refractivity contribution in [3.63, 3.8) is 0 Å². The molecule has 0 aromatic rings. The van der Waals surface area contributed by atoms with E-state index in [0.717, 1.165) is 45.1 Å². The van der Waals surface area contributed by atoms with Crippen LogP contribution in [-0.2, 0) is 14.3 Å². The molecule has 0 radical (unpaired) electrons. The van der Waals surface area contributed by atoms with E-state index in [2.05, 4.69) is 47.6 Å². The van der Waals surface area contributed by atoms with Crippen LogP contribution in [-0.4, -0.2) is 30.6 Å². The largest absolute Gasteiger partial charge is 0.481 e. The van der Waals surface area contributed by atoms with Crippen molar-refractivity contribution in [2.45, 2.75) is 105 Å². The molecule has 1 N–H and O–H groups in total. The highest BCUT2D eigenvalue weighted by Crippen LogP contribution is 2.78. The molecule has 6 fully saturated rings. The zero-order chi connectivity index (χ0) is 25.2. The molecule has 7 rings (SSSR count). The van der Waals surface area contributed by atoms with Gasteiger partial charge >= 0.3 is 5.97 Å². The van der Waals surface area contributed by atoms with Crippen molar-refractivity contribution in [1.29, 1.82) is 0 Å². The molecule has 2 aliphatic heterocycles. The maximum atomic E-state index is 12.9. The molecule has 0 aromatic carbocycles. The molecule has 4 saturated carbocycles. The smallest absolute Gasteiger partial charge is 0.310 e. The summed E-state index contributed by atoms with van der Waals surface area (Å²) in [5.41, 5.74) is 1.42. The highest BCUT2D eigenvalue weighted by molar-refractivity contribution is 5.76. The molecule has 4 nitrogen and oxygen atoms in total. The Morgan fingerprint density at radius 1 is 1.00 bits per heavy atom. The van der Waals surface area contributed by atoms with E-state index in [1.54, 1.807) is 0 Å². The third-order valence-corrected chi connectivity index (χ3v) is 14.2. The van der Waals surface area contributed by atoms with Crippen LogP contribution in [0.1, 0.15) is 99.3 Å². The molecule has 10 atom stereocenters. The van der Waals surface area contributed by atoms with E-state index in [-0.39, 0.29) is 27.6 Å². The topological polar surface area (TPSA) is 55.8 Å². The fourth-order valence-corrected chi connectivity index (χ4v) is 11.7. The van der Waals surface area contributed by atoms with Gasteiger partial charge in [-0.15, -0.1) is 0 Å². The van der Waals surface area contributed by atoms with E-state index in [9.17, 15) is 9.90 Å². The van der Waals surface area contributed by atoms with Crippen molar-refractivity contribution >= 4 is 5.97 Å². The van der Waals surface area contributed by atoms with Gasteiger partial charge in [0.2, 0.25) is 0 Å². The van der Waals surface area contributed by atoms with Gasteiger partial charge in [-0.25, -0.2) is 0 Å². The van der Waals surface area contributed by atoms with E-state index in [4.69, 9.17) is 9.47 Å². The third-order valence-electron chi connectivity index (χ3n) is 14.2. The number of methoxy groups -OCH3 is 1. The Balaban J connectivity index is 1.46. The normalized spacial score (nSPS) is 56.2. The number of carboxylic acid groups (broad SMARTS) is 1. The fourth-order valence-electron chi connectivity index (χ4n) is 11.7. The number of fused-ring (bicyclic) bond motifs is 7. The Morgan fingerprint density at radius 2 is 1.74 bits per heavy atom. The van der Waals surface area contributed by atoms with Gasteiger partial charge in [0.05, 0.1) is 12.0 Å². The summed E-state index contributed by atoms with van der Waals surface area (Å²) in [6.45, 7) is 15.5. The fraction of sp³-hybridized carbons (Fsp3) is 0.903. The minimum Gasteiger partial charge on any atom is -0.481 e. The van der Waals surface area contributed by atoms with Crippen LogP contribution < -0.4 is 0 Å². The van der Waals surface area contributed by atoms with Crippen LogP contribution in [0.5, 0.6) is 0 Å². The zero-order valence-corrected chi connectivity index (χ0v) is 23.2. The molecule has 7 aliphatic rings. The summed E-state index contributed by atoms with van der Waals surface area (Å²) in [6, 6.07) is 0. The molecule has 0 unspecified atom stereocenters. The lowest BCUT2D eigenvalue weighted by Crippen LogP contribution is -2.73. The molecule has 4 heteroatoms. The Kier molecular flexibility index (Phi) is 5.00. The summed E-state index contributed by atoms with van der Waals surface area (Å²) >= 11 is 0. The lowest BCUT2D eigenvalue weighted by atomic mass is 9.32. The predicted octanol–water partition coefficient (Wildman–Crippen LogP) is 7.08. The minimum atomic E-state index is -0.561. The van der Waals surface area contributed by atoms with Gasteiger partial charge in [-0.1, -0.05) is 53.2 Å². The molecule has 2 saturated heterocycles. The van der Waals surface area contributed by atoms with Gasteiger partial charge in [0.15, 0.2) is 5.79 Å². The first-order valence-electron chi connectivity index (χ1n) is 14.5. The van der Waals surface area contributed by atoms with Crippen molar-refractivity contribution in [3.05, 3.63) is 11.6 Å². The van der Waals surface area contributed by atoms with Gasteiger partial charge in [-0.3, -0.25) is 4.79 Å². The summed E-state index contributed by atoms with van der Waals surface area (Å²) in [5.74, 6) is 1.42. The number of ether oxygens (including phenoxy) is 2. The molecule has 0 aromatic heterocycles. The van der Waals surface area contributed by atoms with Gasteiger partial charge in [-0.05, 0) is 91.8 Å². The summed E-state index contributed by atoms with van der Waals surface area (Å²) in [4.78, 5) is 12.9. The Morgan fingerprint density at radius 3 is 2.37 bits per heavy atom. The second kappa shape index (κ2) is 7.16. The van der Waals surface area contributed by atoms with Gasteiger partial charge in [0.25, 0.3) is 0 Å². The van der Waals surface area contributed by atoms with Gasteiger partial charge < -0.3 is 14.6 Å². The maximum absolute atomic E-state index is 12.9. The van der Waals surface area contributed by atoms with E-state index in [0.29, 0.717) is 23.7 Å². The van der Waals surface area contributed by atoms with E-state index in [1.165, 1.54) is 24.8 Å². The first-order chi connectivity index (χ1) is 16.4. The summed E-state index contributed by atoms with van der Waals surface area (Å²) in [6.07, 6.45) is 12.1. The van der Waals surface area contributed by atoms with E-state index < -0.39 is 17.2 Å². The maximum Gasteiger partial charge on any atom is 0.310 e. The quantitative estimate of drug-likeness (QED) is 0.425. The number of hydrogen-bond acceptors (Lipinski definition) is 3. The Hall–Kier alpha value is -0.870.